The molecule has 0 heterocycles. The van der Waals surface area contributed by atoms with Crippen molar-refractivity contribution in [1.82, 2.24) is 0 Å². The number of hydrogen-bond donors (Lipinski definition) is 0. The zero-order valence-corrected chi connectivity index (χ0v) is 7.49. The van der Waals surface area contributed by atoms with Crippen LogP contribution in [0.2, 0.25) is 5.02 Å². The predicted molar refractivity (Wildman–Crippen MR) is 49.4 cm³/mol. The average Bonchev–Trinajstić information content (AvgIpc) is 2.04. The molecule has 0 amide bonds. The first kappa shape index (κ1) is 8.75. The van der Waals surface area contributed by atoms with E-state index in [-0.39, 0.29) is 0 Å². The van der Waals surface area contributed by atoms with Crippen molar-refractivity contribution in [2.45, 2.75) is 0 Å². The molecule has 1 radical (unpaired) electrons. The largest absolute Gasteiger partial charge is 0.493 e. The van der Waals surface area contributed by atoms with Crippen molar-refractivity contribution in [2.75, 3.05) is 12.4 Å². The van der Waals surface area contributed by atoms with Gasteiger partial charge in [0.25, 0.3) is 0 Å². The van der Waals surface area contributed by atoms with Gasteiger partial charge in [0.2, 0.25) is 0 Å². The molecule has 1 aromatic rings. The molecule has 0 bridgehead atoms. The topological polar surface area (TPSA) is 9.23 Å². The molecule has 59 valence electrons. The molecule has 0 N–H and O–H groups in total. The van der Waals surface area contributed by atoms with Gasteiger partial charge in [0.15, 0.2) is 0 Å². The minimum Gasteiger partial charge on any atom is -0.493 e. The fraction of sp³-hybridized carbons (Fsp3) is 0.250. The second kappa shape index (κ2) is 4.52. The Kier molecular flexibility index (Phi) is 3.60. The molecule has 0 saturated heterocycles. The highest BCUT2D eigenvalue weighted by atomic mass is 35.5. The Labute approximate surface area is 76.7 Å². The van der Waals surface area contributed by atoms with E-state index in [0.29, 0.717) is 12.4 Å². The van der Waals surface area contributed by atoms with E-state index in [9.17, 15) is 0 Å². The normalized spacial score (nSPS) is 9.64. The third kappa shape index (κ3) is 3.04. The van der Waals surface area contributed by atoms with Crippen LogP contribution in [0.25, 0.3) is 0 Å². The Bertz CT molecular complexity index is 210. The fourth-order valence-corrected chi connectivity index (χ4v) is 0.900. The second-order valence-electron chi connectivity index (χ2n) is 2.01. The van der Waals surface area contributed by atoms with Gasteiger partial charge < -0.3 is 4.74 Å². The van der Waals surface area contributed by atoms with E-state index in [1.165, 1.54) is 0 Å². The van der Waals surface area contributed by atoms with Gasteiger partial charge in [0.1, 0.15) is 5.75 Å². The molecule has 3 heteroatoms. The van der Waals surface area contributed by atoms with E-state index in [4.69, 9.17) is 29.0 Å². The van der Waals surface area contributed by atoms with Gasteiger partial charge in [-0.25, -0.2) is 0 Å². The third-order valence-electron chi connectivity index (χ3n) is 1.17. The molecule has 11 heavy (non-hydrogen) atoms. The summed E-state index contributed by atoms with van der Waals surface area (Å²) in [5.41, 5.74) is 0. The number of rotatable bonds is 3. The molecule has 1 rings (SSSR count). The van der Waals surface area contributed by atoms with Crippen LogP contribution in [0.15, 0.2) is 24.3 Å². The molecule has 0 saturated carbocycles. The van der Waals surface area contributed by atoms with Gasteiger partial charge in [-0.05, 0) is 24.3 Å². The Balaban J connectivity index is 2.52. The molecule has 0 aliphatic heterocycles. The molecule has 1 aromatic carbocycles. The van der Waals surface area contributed by atoms with Gasteiger partial charge in [-0.3, -0.25) is 0 Å². The second-order valence-corrected chi connectivity index (χ2v) is 2.85. The van der Waals surface area contributed by atoms with Gasteiger partial charge in [0, 0.05) is 10.8 Å². The summed E-state index contributed by atoms with van der Waals surface area (Å²) in [4.78, 5) is 0. The molecule has 0 aliphatic carbocycles. The number of hydrogen-bond acceptors (Lipinski definition) is 1. The van der Waals surface area contributed by atoms with Crippen LogP contribution in [-0.2, 0) is 0 Å². The monoisotopic (exact) mass is 187 g/mol. The van der Waals surface area contributed by atoms with Crippen LogP contribution in [0.3, 0.4) is 0 Å². The first-order chi connectivity index (χ1) is 5.33. The first-order valence-electron chi connectivity index (χ1n) is 3.29. The van der Waals surface area contributed by atoms with Crippen LogP contribution < -0.4 is 4.74 Å². The quantitative estimate of drug-likeness (QED) is 0.707. The smallest absolute Gasteiger partial charge is 0.119 e. The van der Waals surface area contributed by atoms with Crippen LogP contribution in [0, 0.1) is 0 Å². The first-order valence-corrected chi connectivity index (χ1v) is 4.25. The average molecular weight is 188 g/mol. The van der Waals surface area contributed by atoms with Crippen molar-refractivity contribution >= 4 is 24.2 Å². The van der Waals surface area contributed by atoms with Crippen LogP contribution in [0.4, 0.5) is 0 Å². The van der Waals surface area contributed by atoms with Crippen LogP contribution in [-0.4, -0.2) is 12.4 Å². The Morgan fingerprint density at radius 2 is 1.91 bits per heavy atom. The Hall–Kier alpha value is -0.340. The van der Waals surface area contributed by atoms with Crippen LogP contribution in [0.5, 0.6) is 5.75 Å². The summed E-state index contributed by atoms with van der Waals surface area (Å²) in [6, 6.07) is 7.24. The van der Waals surface area contributed by atoms with Crippen molar-refractivity contribution < 1.29 is 4.74 Å². The van der Waals surface area contributed by atoms with Crippen molar-refractivity contribution in [3.63, 3.8) is 0 Å². The van der Waals surface area contributed by atoms with Crippen molar-refractivity contribution in [3.8, 4) is 5.75 Å². The van der Waals surface area contributed by atoms with Crippen molar-refractivity contribution in [2.24, 2.45) is 0 Å². The Morgan fingerprint density at radius 1 is 1.27 bits per heavy atom. The zero-order valence-electron chi connectivity index (χ0n) is 5.92. The number of halogens is 1. The van der Waals surface area contributed by atoms with E-state index in [0.717, 1.165) is 10.8 Å². The molecule has 0 atom stereocenters. The highest BCUT2D eigenvalue weighted by molar-refractivity contribution is 7.80. The zero-order chi connectivity index (χ0) is 8.10. The van der Waals surface area contributed by atoms with E-state index < -0.39 is 0 Å². The molecule has 0 fully saturated rings. The van der Waals surface area contributed by atoms with E-state index in [1.807, 2.05) is 12.1 Å². The van der Waals surface area contributed by atoms with Gasteiger partial charge in [-0.15, -0.1) is 0 Å². The number of ether oxygens (including phenoxy) is 1. The lowest BCUT2D eigenvalue weighted by atomic mass is 10.3. The molecular formula is C8H8ClOS. The maximum Gasteiger partial charge on any atom is 0.119 e. The summed E-state index contributed by atoms with van der Waals surface area (Å²) >= 11 is 10.4. The molecule has 0 spiro atoms. The SMILES string of the molecule is [S]CCOc1ccc(Cl)cc1. The molecule has 1 nitrogen and oxygen atoms in total. The van der Waals surface area contributed by atoms with Crippen LogP contribution in [0.1, 0.15) is 0 Å². The van der Waals surface area contributed by atoms with E-state index >= 15 is 0 Å². The lowest BCUT2D eigenvalue weighted by molar-refractivity contribution is 0.344. The van der Waals surface area contributed by atoms with Gasteiger partial charge in [-0.1, -0.05) is 24.2 Å². The van der Waals surface area contributed by atoms with E-state index in [1.54, 1.807) is 12.1 Å². The summed E-state index contributed by atoms with van der Waals surface area (Å²) in [7, 11) is 0. The maximum atomic E-state index is 5.67. The lowest BCUT2D eigenvalue weighted by Gasteiger charge is -2.02. The summed E-state index contributed by atoms with van der Waals surface area (Å²) in [5, 5.41) is 0.718. The molecule has 0 aromatic heterocycles. The third-order valence-corrected chi connectivity index (χ3v) is 1.58. The molecule has 0 unspecified atom stereocenters. The Morgan fingerprint density at radius 3 is 2.45 bits per heavy atom. The van der Waals surface area contributed by atoms with Gasteiger partial charge >= 0.3 is 0 Å². The summed E-state index contributed by atoms with van der Waals surface area (Å²) in [6.07, 6.45) is 0. The molecule has 0 aliphatic rings. The maximum absolute atomic E-state index is 5.67. The standard InChI is InChI=1S/C8H8ClOS/c9-7-1-3-8(4-2-7)10-5-6-11/h1-4H,5-6H2. The van der Waals surface area contributed by atoms with Crippen LogP contribution >= 0.6 is 24.2 Å². The lowest BCUT2D eigenvalue weighted by Crippen LogP contribution is -1.97. The minimum atomic E-state index is 0.580. The van der Waals surface area contributed by atoms with Gasteiger partial charge in [-0.2, -0.15) is 0 Å². The number of benzene rings is 1. The highest BCUT2D eigenvalue weighted by Gasteiger charge is 1.91. The molecular weight excluding hydrogens is 180 g/mol. The fourth-order valence-electron chi connectivity index (χ4n) is 0.690. The minimum absolute atomic E-state index is 0.580. The summed E-state index contributed by atoms with van der Waals surface area (Å²) < 4.78 is 5.25. The van der Waals surface area contributed by atoms with Crippen molar-refractivity contribution in [3.05, 3.63) is 29.3 Å². The van der Waals surface area contributed by atoms with Gasteiger partial charge in [0.05, 0.1) is 6.61 Å². The summed E-state index contributed by atoms with van der Waals surface area (Å²) in [5.74, 6) is 1.43. The van der Waals surface area contributed by atoms with Crippen molar-refractivity contribution in [1.29, 1.82) is 0 Å². The summed E-state index contributed by atoms with van der Waals surface area (Å²) in [6.45, 7) is 0.580. The highest BCUT2D eigenvalue weighted by Crippen LogP contribution is 2.15. The van der Waals surface area contributed by atoms with E-state index in [2.05, 4.69) is 0 Å². The predicted octanol–water partition coefficient (Wildman–Crippen LogP) is 2.92.